The fourth-order valence-corrected chi connectivity index (χ4v) is 3.45. The lowest BCUT2D eigenvalue weighted by Crippen LogP contribution is -2.09. The van der Waals surface area contributed by atoms with Gasteiger partial charge in [-0.2, -0.15) is 0 Å². The summed E-state index contributed by atoms with van der Waals surface area (Å²) in [5.41, 5.74) is 2.72. The number of rotatable bonds is 6. The van der Waals surface area contributed by atoms with Gasteiger partial charge in [0.25, 0.3) is 0 Å². The molecule has 0 saturated carbocycles. The van der Waals surface area contributed by atoms with Gasteiger partial charge in [-0.25, -0.2) is 4.79 Å². The molecule has 0 spiro atoms. The highest BCUT2D eigenvalue weighted by atomic mass is 32.2. The molecule has 0 unspecified atom stereocenters. The van der Waals surface area contributed by atoms with Crippen molar-refractivity contribution in [2.45, 2.75) is 17.2 Å². The van der Waals surface area contributed by atoms with Gasteiger partial charge in [0, 0.05) is 23.4 Å². The molecule has 0 aliphatic carbocycles. The van der Waals surface area contributed by atoms with E-state index in [2.05, 4.69) is 24.3 Å². The molecule has 1 heterocycles. The maximum absolute atomic E-state index is 11.2. The molecular formula is C19H17NO2S. The fourth-order valence-electron chi connectivity index (χ4n) is 2.44. The van der Waals surface area contributed by atoms with Crippen LogP contribution in [-0.2, 0) is 12.3 Å². The molecule has 0 atom stereocenters. The Balaban J connectivity index is 1.78. The normalized spacial score (nSPS) is 10.6. The summed E-state index contributed by atoms with van der Waals surface area (Å²) in [6, 6.07) is 21.9. The predicted molar refractivity (Wildman–Crippen MR) is 92.9 cm³/mol. The van der Waals surface area contributed by atoms with E-state index in [1.807, 2.05) is 36.5 Å². The van der Waals surface area contributed by atoms with Crippen LogP contribution in [-0.4, -0.2) is 15.6 Å². The van der Waals surface area contributed by atoms with Crippen LogP contribution >= 0.6 is 11.8 Å². The van der Waals surface area contributed by atoms with Crippen LogP contribution in [0.3, 0.4) is 0 Å². The van der Waals surface area contributed by atoms with Gasteiger partial charge < -0.3 is 9.67 Å². The van der Waals surface area contributed by atoms with Crippen molar-refractivity contribution in [1.82, 2.24) is 4.57 Å². The van der Waals surface area contributed by atoms with Gasteiger partial charge in [0.2, 0.25) is 0 Å². The molecule has 0 bridgehead atoms. The van der Waals surface area contributed by atoms with Crippen molar-refractivity contribution in [3.05, 3.63) is 89.7 Å². The highest BCUT2D eigenvalue weighted by Gasteiger charge is 2.10. The number of carboxylic acids is 1. The van der Waals surface area contributed by atoms with E-state index in [1.54, 1.807) is 28.5 Å². The van der Waals surface area contributed by atoms with E-state index in [4.69, 9.17) is 0 Å². The summed E-state index contributed by atoms with van der Waals surface area (Å²) >= 11 is 1.78. The number of hydrogen-bond acceptors (Lipinski definition) is 2. The average Bonchev–Trinajstić information content (AvgIpc) is 3.03. The van der Waals surface area contributed by atoms with Crippen LogP contribution in [0.1, 0.15) is 21.6 Å². The van der Waals surface area contributed by atoms with E-state index >= 15 is 0 Å². The standard InChI is InChI=1S/C19H17NO2S/c21-19(22)17-10-6-12-20(17)13-16-9-4-5-11-18(16)23-14-15-7-2-1-3-8-15/h1-12H,13-14H2,(H,21,22). The molecule has 0 aliphatic rings. The molecule has 0 radical (unpaired) electrons. The van der Waals surface area contributed by atoms with Crippen LogP contribution in [0.5, 0.6) is 0 Å². The second kappa shape index (κ2) is 7.20. The van der Waals surface area contributed by atoms with Crippen molar-refractivity contribution in [3.63, 3.8) is 0 Å². The number of aromatic carboxylic acids is 1. The van der Waals surface area contributed by atoms with Crippen LogP contribution in [0, 0.1) is 0 Å². The van der Waals surface area contributed by atoms with Crippen molar-refractivity contribution in [2.24, 2.45) is 0 Å². The first-order valence-electron chi connectivity index (χ1n) is 7.37. The van der Waals surface area contributed by atoms with Gasteiger partial charge in [-0.15, -0.1) is 11.8 Å². The van der Waals surface area contributed by atoms with Crippen molar-refractivity contribution >= 4 is 17.7 Å². The number of benzene rings is 2. The Morgan fingerprint density at radius 3 is 2.48 bits per heavy atom. The maximum atomic E-state index is 11.2. The summed E-state index contributed by atoms with van der Waals surface area (Å²) in [4.78, 5) is 12.4. The van der Waals surface area contributed by atoms with Gasteiger partial charge in [0.1, 0.15) is 5.69 Å². The van der Waals surface area contributed by atoms with E-state index in [-0.39, 0.29) is 0 Å². The number of hydrogen-bond donors (Lipinski definition) is 1. The van der Waals surface area contributed by atoms with Crippen molar-refractivity contribution in [1.29, 1.82) is 0 Å². The van der Waals surface area contributed by atoms with Gasteiger partial charge in [-0.1, -0.05) is 48.5 Å². The van der Waals surface area contributed by atoms with Crippen LogP contribution in [0.2, 0.25) is 0 Å². The predicted octanol–water partition coefficient (Wildman–Crippen LogP) is 4.53. The number of aromatic nitrogens is 1. The number of carboxylic acid groups (broad SMARTS) is 1. The highest BCUT2D eigenvalue weighted by Crippen LogP contribution is 2.27. The smallest absolute Gasteiger partial charge is 0.352 e. The van der Waals surface area contributed by atoms with Crippen LogP contribution < -0.4 is 0 Å². The third kappa shape index (κ3) is 3.85. The molecule has 1 N–H and O–H groups in total. The zero-order valence-corrected chi connectivity index (χ0v) is 13.4. The Bertz CT molecular complexity index is 796. The third-order valence-corrected chi connectivity index (χ3v) is 4.79. The first-order valence-corrected chi connectivity index (χ1v) is 8.35. The van der Waals surface area contributed by atoms with Crippen LogP contribution in [0.15, 0.2) is 77.8 Å². The largest absolute Gasteiger partial charge is 0.477 e. The second-order valence-corrected chi connectivity index (χ2v) is 6.23. The summed E-state index contributed by atoms with van der Waals surface area (Å²) in [6.07, 6.45) is 1.81. The number of nitrogens with zero attached hydrogens (tertiary/aromatic N) is 1. The summed E-state index contributed by atoms with van der Waals surface area (Å²) in [5.74, 6) is -0.000551. The quantitative estimate of drug-likeness (QED) is 0.678. The van der Waals surface area contributed by atoms with Gasteiger partial charge in [0.05, 0.1) is 0 Å². The van der Waals surface area contributed by atoms with Crippen LogP contribution in [0.4, 0.5) is 0 Å². The molecular weight excluding hydrogens is 306 g/mol. The van der Waals surface area contributed by atoms with Crippen molar-refractivity contribution < 1.29 is 9.90 Å². The van der Waals surface area contributed by atoms with E-state index in [0.717, 1.165) is 11.3 Å². The maximum Gasteiger partial charge on any atom is 0.352 e. The molecule has 23 heavy (non-hydrogen) atoms. The lowest BCUT2D eigenvalue weighted by Gasteiger charge is -2.11. The SMILES string of the molecule is O=C(O)c1cccn1Cc1ccccc1SCc1ccccc1. The molecule has 0 saturated heterocycles. The zero-order chi connectivity index (χ0) is 16.1. The van der Waals surface area contributed by atoms with E-state index in [1.165, 1.54) is 10.5 Å². The molecule has 0 aliphatic heterocycles. The van der Waals surface area contributed by atoms with E-state index < -0.39 is 5.97 Å². The van der Waals surface area contributed by atoms with Gasteiger partial charge in [0.15, 0.2) is 0 Å². The zero-order valence-electron chi connectivity index (χ0n) is 12.6. The summed E-state index contributed by atoms with van der Waals surface area (Å²) in [5, 5.41) is 9.23. The van der Waals surface area contributed by atoms with Crippen LogP contribution in [0.25, 0.3) is 0 Å². The monoisotopic (exact) mass is 323 g/mol. The van der Waals surface area contributed by atoms with Gasteiger partial charge >= 0.3 is 5.97 Å². The summed E-state index contributed by atoms with van der Waals surface area (Å²) in [6.45, 7) is 0.562. The first kappa shape index (κ1) is 15.4. The van der Waals surface area contributed by atoms with Gasteiger partial charge in [-0.3, -0.25) is 0 Å². The molecule has 4 heteroatoms. The molecule has 0 fully saturated rings. The minimum Gasteiger partial charge on any atom is -0.477 e. The minimum atomic E-state index is -0.899. The lowest BCUT2D eigenvalue weighted by molar-refractivity contribution is 0.0685. The number of thioether (sulfide) groups is 1. The molecule has 0 amide bonds. The Hall–Kier alpha value is -2.46. The third-order valence-electron chi connectivity index (χ3n) is 3.60. The summed E-state index contributed by atoms with van der Waals surface area (Å²) in [7, 11) is 0. The topological polar surface area (TPSA) is 42.2 Å². The minimum absolute atomic E-state index is 0.313. The number of carbonyl (C=O) groups is 1. The second-order valence-electron chi connectivity index (χ2n) is 5.21. The van der Waals surface area contributed by atoms with E-state index in [0.29, 0.717) is 12.2 Å². The lowest BCUT2D eigenvalue weighted by atomic mass is 10.2. The molecule has 3 aromatic rings. The Morgan fingerprint density at radius 2 is 1.70 bits per heavy atom. The summed E-state index contributed by atoms with van der Waals surface area (Å²) < 4.78 is 1.77. The van der Waals surface area contributed by atoms with Crippen molar-refractivity contribution in [3.8, 4) is 0 Å². The average molecular weight is 323 g/mol. The molecule has 3 nitrogen and oxygen atoms in total. The molecule has 2 aromatic carbocycles. The Kier molecular flexibility index (Phi) is 4.83. The highest BCUT2D eigenvalue weighted by molar-refractivity contribution is 7.98. The molecule has 3 rings (SSSR count). The van der Waals surface area contributed by atoms with Crippen molar-refractivity contribution in [2.75, 3.05) is 0 Å². The first-order chi connectivity index (χ1) is 11.2. The van der Waals surface area contributed by atoms with Gasteiger partial charge in [-0.05, 0) is 29.3 Å². The molecule has 1 aromatic heterocycles. The Morgan fingerprint density at radius 1 is 0.957 bits per heavy atom. The fraction of sp³-hybridized carbons (Fsp3) is 0.105. The van der Waals surface area contributed by atoms with E-state index in [9.17, 15) is 9.90 Å². The molecule has 116 valence electrons. The Labute approximate surface area is 139 Å².